The number of hydrogen-bond donors (Lipinski definition) is 2. The Balaban J connectivity index is 2.61. The number of piperidine rings is 1. The van der Waals surface area contributed by atoms with Crippen molar-refractivity contribution in [1.82, 2.24) is 10.6 Å². The molecule has 0 saturated carbocycles. The Morgan fingerprint density at radius 3 is 2.47 bits per heavy atom. The molecule has 0 aromatic rings. The molecule has 5 nitrogen and oxygen atoms in total. The number of carbonyl (C=O) groups excluding carboxylic acids is 3. The molecule has 17 heavy (non-hydrogen) atoms. The zero-order valence-electron chi connectivity index (χ0n) is 10.4. The number of nitrogens with one attached hydrogen (secondary N) is 2. The molecule has 0 radical (unpaired) electrons. The zero-order chi connectivity index (χ0) is 13.2. The first kappa shape index (κ1) is 13.4. The van der Waals surface area contributed by atoms with Crippen LogP contribution in [-0.2, 0) is 14.4 Å². The van der Waals surface area contributed by atoms with Crippen molar-refractivity contribution in [2.24, 2.45) is 5.41 Å². The van der Waals surface area contributed by atoms with Crippen LogP contribution >= 0.6 is 0 Å². The van der Waals surface area contributed by atoms with Gasteiger partial charge in [-0.1, -0.05) is 27.4 Å². The van der Waals surface area contributed by atoms with Crippen molar-refractivity contribution in [1.29, 1.82) is 0 Å². The fraction of sp³-hybridized carbons (Fsp3) is 0.583. The van der Waals surface area contributed by atoms with E-state index in [1.807, 2.05) is 20.8 Å². The normalized spacial score (nSPS) is 20.8. The second-order valence-electron chi connectivity index (χ2n) is 5.21. The van der Waals surface area contributed by atoms with E-state index >= 15 is 0 Å². The Morgan fingerprint density at radius 2 is 2.00 bits per heavy atom. The Bertz CT molecular complexity index is 380. The average Bonchev–Trinajstić information content (AvgIpc) is 2.19. The van der Waals surface area contributed by atoms with Gasteiger partial charge in [0.05, 0.1) is 0 Å². The highest BCUT2D eigenvalue weighted by molar-refractivity contribution is 6.03. The highest BCUT2D eigenvalue weighted by atomic mass is 16.2. The quantitative estimate of drug-likeness (QED) is 0.543. The summed E-state index contributed by atoms with van der Waals surface area (Å²) >= 11 is 0. The van der Waals surface area contributed by atoms with Crippen LogP contribution < -0.4 is 10.6 Å². The molecule has 3 amide bonds. The molecule has 0 bridgehead atoms. The topological polar surface area (TPSA) is 75.3 Å². The van der Waals surface area contributed by atoms with E-state index in [0.717, 1.165) is 0 Å². The SMILES string of the molecule is C=C(C(=O)NC1CCC(=O)NC1=O)C(C)(C)C. The molecule has 1 aliphatic heterocycles. The van der Waals surface area contributed by atoms with Crippen molar-refractivity contribution in [3.63, 3.8) is 0 Å². The summed E-state index contributed by atoms with van der Waals surface area (Å²) in [7, 11) is 0. The summed E-state index contributed by atoms with van der Waals surface area (Å²) < 4.78 is 0. The van der Waals surface area contributed by atoms with Crippen molar-refractivity contribution in [2.75, 3.05) is 0 Å². The third-order valence-electron chi connectivity index (χ3n) is 2.72. The van der Waals surface area contributed by atoms with Gasteiger partial charge in [-0.05, 0) is 11.8 Å². The number of carbonyl (C=O) groups is 3. The summed E-state index contributed by atoms with van der Waals surface area (Å²) in [6.45, 7) is 9.34. The summed E-state index contributed by atoms with van der Waals surface area (Å²) in [4.78, 5) is 34.2. The van der Waals surface area contributed by atoms with Crippen LogP contribution in [0.25, 0.3) is 0 Å². The minimum atomic E-state index is -0.640. The Hall–Kier alpha value is -1.65. The van der Waals surface area contributed by atoms with Crippen LogP contribution in [0.15, 0.2) is 12.2 Å². The predicted molar refractivity (Wildman–Crippen MR) is 62.9 cm³/mol. The average molecular weight is 238 g/mol. The van der Waals surface area contributed by atoms with Crippen LogP contribution in [0.2, 0.25) is 0 Å². The smallest absolute Gasteiger partial charge is 0.249 e. The number of amides is 3. The standard InChI is InChI=1S/C12H18N2O3/c1-7(12(2,3)4)10(16)13-8-5-6-9(15)14-11(8)17/h8H,1,5-6H2,2-4H3,(H,13,16)(H,14,15,17). The van der Waals surface area contributed by atoms with E-state index in [0.29, 0.717) is 12.0 Å². The van der Waals surface area contributed by atoms with E-state index in [9.17, 15) is 14.4 Å². The number of imide groups is 1. The van der Waals surface area contributed by atoms with Crippen LogP contribution in [0.1, 0.15) is 33.6 Å². The van der Waals surface area contributed by atoms with Gasteiger partial charge in [-0.25, -0.2) is 0 Å². The fourth-order valence-corrected chi connectivity index (χ4v) is 1.42. The van der Waals surface area contributed by atoms with Gasteiger partial charge < -0.3 is 5.32 Å². The highest BCUT2D eigenvalue weighted by Crippen LogP contribution is 2.23. The van der Waals surface area contributed by atoms with Crippen molar-refractivity contribution < 1.29 is 14.4 Å². The third kappa shape index (κ3) is 3.41. The minimum Gasteiger partial charge on any atom is -0.340 e. The number of hydrogen-bond acceptors (Lipinski definition) is 3. The molecular formula is C12H18N2O3. The van der Waals surface area contributed by atoms with E-state index in [1.54, 1.807) is 0 Å². The summed E-state index contributed by atoms with van der Waals surface area (Å²) in [5.41, 5.74) is 0.0765. The molecule has 1 atom stereocenters. The van der Waals surface area contributed by atoms with Gasteiger partial charge in [-0.2, -0.15) is 0 Å². The van der Waals surface area contributed by atoms with Crippen LogP contribution in [0, 0.1) is 5.41 Å². The van der Waals surface area contributed by atoms with Crippen LogP contribution in [0.4, 0.5) is 0 Å². The maximum atomic E-state index is 11.8. The second kappa shape index (κ2) is 4.69. The molecule has 0 aromatic heterocycles. The first-order valence-corrected chi connectivity index (χ1v) is 5.56. The molecule has 1 fully saturated rings. The van der Waals surface area contributed by atoms with Gasteiger partial charge in [-0.3, -0.25) is 19.7 Å². The highest BCUT2D eigenvalue weighted by Gasteiger charge is 2.30. The molecule has 1 aliphatic rings. The molecule has 1 heterocycles. The first-order chi connectivity index (χ1) is 7.71. The molecule has 5 heteroatoms. The lowest BCUT2D eigenvalue weighted by Gasteiger charge is -2.25. The Kier molecular flexibility index (Phi) is 3.70. The van der Waals surface area contributed by atoms with Crippen molar-refractivity contribution in [3.8, 4) is 0 Å². The lowest BCUT2D eigenvalue weighted by molar-refractivity contribution is -0.136. The summed E-state index contributed by atoms with van der Waals surface area (Å²) in [6.07, 6.45) is 0.590. The van der Waals surface area contributed by atoms with Gasteiger partial charge in [0.15, 0.2) is 0 Å². The van der Waals surface area contributed by atoms with Gasteiger partial charge in [-0.15, -0.1) is 0 Å². The molecule has 0 spiro atoms. The lowest BCUT2D eigenvalue weighted by atomic mass is 9.87. The first-order valence-electron chi connectivity index (χ1n) is 5.56. The summed E-state index contributed by atoms with van der Waals surface area (Å²) in [5.74, 6) is -1.08. The molecule has 1 rings (SSSR count). The maximum absolute atomic E-state index is 11.8. The number of rotatable bonds is 2. The van der Waals surface area contributed by atoms with Crippen LogP contribution in [0.5, 0.6) is 0 Å². The van der Waals surface area contributed by atoms with Crippen molar-refractivity contribution in [3.05, 3.63) is 12.2 Å². The minimum absolute atomic E-state index is 0.249. The van der Waals surface area contributed by atoms with Crippen LogP contribution in [0.3, 0.4) is 0 Å². The van der Waals surface area contributed by atoms with E-state index < -0.39 is 11.9 Å². The van der Waals surface area contributed by atoms with Gasteiger partial charge in [0.2, 0.25) is 17.7 Å². The van der Waals surface area contributed by atoms with Gasteiger partial charge in [0, 0.05) is 12.0 Å². The molecular weight excluding hydrogens is 220 g/mol. The van der Waals surface area contributed by atoms with Gasteiger partial charge >= 0.3 is 0 Å². The van der Waals surface area contributed by atoms with E-state index in [1.165, 1.54) is 0 Å². The molecule has 94 valence electrons. The molecule has 1 unspecified atom stereocenters. The second-order valence-corrected chi connectivity index (χ2v) is 5.21. The third-order valence-corrected chi connectivity index (χ3v) is 2.72. The zero-order valence-corrected chi connectivity index (χ0v) is 10.4. The van der Waals surface area contributed by atoms with E-state index in [2.05, 4.69) is 17.2 Å². The monoisotopic (exact) mass is 238 g/mol. The maximum Gasteiger partial charge on any atom is 0.249 e. The summed E-state index contributed by atoms with van der Waals surface area (Å²) in [5, 5.41) is 4.78. The Labute approximate surface area is 101 Å². The van der Waals surface area contributed by atoms with Crippen LogP contribution in [-0.4, -0.2) is 23.8 Å². The molecule has 2 N–H and O–H groups in total. The van der Waals surface area contributed by atoms with Gasteiger partial charge in [0.1, 0.15) is 6.04 Å². The van der Waals surface area contributed by atoms with Crippen molar-refractivity contribution in [2.45, 2.75) is 39.7 Å². The lowest BCUT2D eigenvalue weighted by Crippen LogP contribution is -2.53. The Morgan fingerprint density at radius 1 is 1.41 bits per heavy atom. The van der Waals surface area contributed by atoms with E-state index in [-0.39, 0.29) is 23.7 Å². The predicted octanol–water partition coefficient (Wildman–Crippen LogP) is 0.510. The van der Waals surface area contributed by atoms with E-state index in [4.69, 9.17) is 0 Å². The molecule has 0 aromatic carbocycles. The fourth-order valence-electron chi connectivity index (χ4n) is 1.42. The molecule has 1 saturated heterocycles. The summed E-state index contributed by atoms with van der Waals surface area (Å²) in [6, 6.07) is -0.640. The van der Waals surface area contributed by atoms with Crippen molar-refractivity contribution >= 4 is 17.7 Å². The molecule has 0 aliphatic carbocycles. The van der Waals surface area contributed by atoms with Gasteiger partial charge in [0.25, 0.3) is 0 Å². The largest absolute Gasteiger partial charge is 0.340 e.